The van der Waals surface area contributed by atoms with E-state index in [2.05, 4.69) is 24.6 Å². The van der Waals surface area contributed by atoms with E-state index in [1.807, 2.05) is 45.9 Å². The van der Waals surface area contributed by atoms with Crippen molar-refractivity contribution in [2.75, 3.05) is 13.2 Å². The summed E-state index contributed by atoms with van der Waals surface area (Å²) in [5.41, 5.74) is 1.03. The molecule has 1 heterocycles. The van der Waals surface area contributed by atoms with Crippen LogP contribution in [0.15, 0.2) is 28.5 Å². The highest BCUT2D eigenvalue weighted by atomic mass is 32.2. The predicted molar refractivity (Wildman–Crippen MR) is 153 cm³/mol. The van der Waals surface area contributed by atoms with E-state index in [0.29, 0.717) is 11.3 Å². The summed E-state index contributed by atoms with van der Waals surface area (Å²) >= 11 is 1.23. The van der Waals surface area contributed by atoms with Gasteiger partial charge in [-0.15, -0.1) is 11.3 Å². The lowest BCUT2D eigenvalue weighted by Gasteiger charge is -2.32. The summed E-state index contributed by atoms with van der Waals surface area (Å²) < 4.78 is 39.9. The number of benzene rings is 1. The van der Waals surface area contributed by atoms with Crippen molar-refractivity contribution < 1.29 is 27.5 Å². The number of sulfonamides is 1. The third kappa shape index (κ3) is 7.67. The Bertz CT molecular complexity index is 1260. The molecule has 0 unspecified atom stereocenters. The van der Waals surface area contributed by atoms with Gasteiger partial charge in [0.1, 0.15) is 28.7 Å². The zero-order valence-electron chi connectivity index (χ0n) is 24.4. The van der Waals surface area contributed by atoms with Crippen LogP contribution in [0, 0.1) is 19.3 Å². The zero-order chi connectivity index (χ0) is 29.1. The lowest BCUT2D eigenvalue weighted by Crippen LogP contribution is -2.34. The summed E-state index contributed by atoms with van der Waals surface area (Å²) in [5, 5.41) is 0. The van der Waals surface area contributed by atoms with Crippen LogP contribution in [-0.2, 0) is 29.8 Å². The van der Waals surface area contributed by atoms with E-state index in [1.54, 1.807) is 27.7 Å². The zero-order valence-corrected chi connectivity index (χ0v) is 26.0. The average molecular weight is 566 g/mol. The number of nitrogens with one attached hydrogen (secondary N) is 1. The van der Waals surface area contributed by atoms with E-state index in [1.165, 1.54) is 11.3 Å². The van der Waals surface area contributed by atoms with E-state index < -0.39 is 39.0 Å². The Labute approximate surface area is 232 Å². The van der Waals surface area contributed by atoms with Crippen molar-refractivity contribution in [2.24, 2.45) is 5.41 Å². The second kappa shape index (κ2) is 11.9. The Morgan fingerprint density at radius 1 is 0.947 bits per heavy atom. The number of aryl methyl sites for hydroxylation is 2. The van der Waals surface area contributed by atoms with Gasteiger partial charge in [0.2, 0.25) is 0 Å². The molecule has 0 spiro atoms. The second-order valence-electron chi connectivity index (χ2n) is 11.7. The van der Waals surface area contributed by atoms with Crippen molar-refractivity contribution in [1.82, 2.24) is 4.72 Å². The van der Waals surface area contributed by atoms with Crippen molar-refractivity contribution in [3.63, 3.8) is 0 Å². The van der Waals surface area contributed by atoms with Crippen LogP contribution in [-0.4, -0.2) is 38.9 Å². The third-order valence-corrected chi connectivity index (χ3v) is 10.0. The molecule has 0 aliphatic rings. The first-order valence-corrected chi connectivity index (χ1v) is 15.3. The number of ether oxygens (including phenoxy) is 2. The molecule has 2 rings (SSSR count). The van der Waals surface area contributed by atoms with Crippen LogP contribution in [0.5, 0.6) is 5.75 Å². The summed E-state index contributed by atoms with van der Waals surface area (Å²) in [6.07, 6.45) is 1.52. The maximum Gasteiger partial charge on any atom is 0.321 e. The van der Waals surface area contributed by atoms with Crippen LogP contribution in [0.3, 0.4) is 0 Å². The summed E-state index contributed by atoms with van der Waals surface area (Å²) in [7, 11) is -3.91. The van der Waals surface area contributed by atoms with Crippen LogP contribution in [0.25, 0.3) is 0 Å². The van der Waals surface area contributed by atoms with Crippen LogP contribution < -0.4 is 9.46 Å². The van der Waals surface area contributed by atoms with E-state index in [9.17, 15) is 18.0 Å². The largest absolute Gasteiger partial charge is 0.486 e. The van der Waals surface area contributed by atoms with Gasteiger partial charge in [0.25, 0.3) is 10.0 Å². The summed E-state index contributed by atoms with van der Waals surface area (Å²) in [6, 6.07) is 7.89. The van der Waals surface area contributed by atoms with E-state index in [0.717, 1.165) is 28.8 Å². The SMILES string of the molecule is CCC(CC)(c1ccc(OCC(=O)C(C)(C)C)c(C)c1)c1cc(C)c(S(=O)(=O)NCC(=O)OC(C)(C)C)s1. The summed E-state index contributed by atoms with van der Waals surface area (Å²) in [5.74, 6) is 0.0545. The monoisotopic (exact) mass is 565 g/mol. The molecule has 1 N–H and O–H groups in total. The van der Waals surface area contributed by atoms with Gasteiger partial charge in [0.05, 0.1) is 0 Å². The molecule has 0 saturated heterocycles. The Hall–Kier alpha value is -2.23. The van der Waals surface area contributed by atoms with Crippen molar-refractivity contribution >= 4 is 33.1 Å². The molecule has 0 saturated carbocycles. The molecule has 0 bridgehead atoms. The molecular formula is C29H43NO6S2. The van der Waals surface area contributed by atoms with Crippen molar-refractivity contribution in [1.29, 1.82) is 0 Å². The highest BCUT2D eigenvalue weighted by Gasteiger charge is 2.35. The maximum atomic E-state index is 13.1. The highest BCUT2D eigenvalue weighted by Crippen LogP contribution is 2.45. The first-order chi connectivity index (χ1) is 17.4. The molecule has 0 atom stereocenters. The maximum absolute atomic E-state index is 13.1. The number of rotatable bonds is 11. The van der Waals surface area contributed by atoms with Crippen molar-refractivity contribution in [3.05, 3.63) is 45.8 Å². The van der Waals surface area contributed by atoms with Crippen molar-refractivity contribution in [3.8, 4) is 5.75 Å². The fraction of sp³-hybridized carbons (Fsp3) is 0.586. The molecule has 212 valence electrons. The molecular weight excluding hydrogens is 522 g/mol. The van der Waals surface area contributed by atoms with Crippen LogP contribution in [0.4, 0.5) is 0 Å². The lowest BCUT2D eigenvalue weighted by atomic mass is 9.74. The Morgan fingerprint density at radius 3 is 2.05 bits per heavy atom. The van der Waals surface area contributed by atoms with Gasteiger partial charge < -0.3 is 9.47 Å². The third-order valence-electron chi connectivity index (χ3n) is 6.54. The topological polar surface area (TPSA) is 98.8 Å². The van der Waals surface area contributed by atoms with Gasteiger partial charge in [0.15, 0.2) is 5.78 Å². The van der Waals surface area contributed by atoms with Crippen LogP contribution in [0.2, 0.25) is 0 Å². The number of Topliss-reactive ketones (excluding diaryl/α,β-unsaturated/α-hetero) is 1. The summed E-state index contributed by atoms with van der Waals surface area (Å²) in [6.45, 7) is 18.3. The first-order valence-electron chi connectivity index (χ1n) is 13.0. The van der Waals surface area contributed by atoms with E-state index in [-0.39, 0.29) is 16.6 Å². The molecule has 1 aromatic carbocycles. The van der Waals surface area contributed by atoms with E-state index in [4.69, 9.17) is 9.47 Å². The Morgan fingerprint density at radius 2 is 1.55 bits per heavy atom. The molecule has 2 aromatic rings. The highest BCUT2D eigenvalue weighted by molar-refractivity contribution is 7.91. The molecule has 0 radical (unpaired) electrons. The van der Waals surface area contributed by atoms with Gasteiger partial charge >= 0.3 is 5.97 Å². The average Bonchev–Trinajstić information content (AvgIpc) is 3.19. The Balaban J connectivity index is 2.36. The van der Waals surface area contributed by atoms with Gasteiger partial charge in [0, 0.05) is 15.7 Å². The second-order valence-corrected chi connectivity index (χ2v) is 14.7. The standard InChI is InChI=1S/C29H43NO6S2/c1-11-29(12-2,21-13-14-22(19(3)15-21)35-18-23(31)27(5,6)7)24-16-20(4)26(37-24)38(33,34)30-17-25(32)36-28(8,9)10/h13-16,30H,11-12,17-18H2,1-10H3. The fourth-order valence-corrected chi connectivity index (χ4v) is 7.25. The Kier molecular flexibility index (Phi) is 10.0. The molecule has 0 amide bonds. The van der Waals surface area contributed by atoms with Crippen LogP contribution in [0.1, 0.15) is 89.8 Å². The number of ketones is 1. The first kappa shape index (κ1) is 32.0. The molecule has 0 fully saturated rings. The number of carbonyl (C=O) groups is 2. The number of carbonyl (C=O) groups excluding carboxylic acids is 2. The van der Waals surface area contributed by atoms with E-state index >= 15 is 0 Å². The molecule has 38 heavy (non-hydrogen) atoms. The normalized spacial score (nSPS) is 12.9. The number of thiophene rings is 1. The van der Waals surface area contributed by atoms with Gasteiger partial charge in [-0.25, -0.2) is 8.42 Å². The smallest absolute Gasteiger partial charge is 0.321 e. The number of esters is 1. The van der Waals surface area contributed by atoms with Gasteiger partial charge in [-0.3, -0.25) is 9.59 Å². The van der Waals surface area contributed by atoms with Gasteiger partial charge in [-0.05, 0) is 76.3 Å². The molecule has 9 heteroatoms. The summed E-state index contributed by atoms with van der Waals surface area (Å²) in [4.78, 5) is 25.3. The number of hydrogen-bond donors (Lipinski definition) is 1. The quantitative estimate of drug-likeness (QED) is 0.331. The lowest BCUT2D eigenvalue weighted by molar-refractivity contribution is -0.153. The minimum absolute atomic E-state index is 0.0119. The van der Waals surface area contributed by atoms with Crippen molar-refractivity contribution in [2.45, 2.75) is 97.3 Å². The minimum Gasteiger partial charge on any atom is -0.486 e. The van der Waals surface area contributed by atoms with Gasteiger partial charge in [-0.2, -0.15) is 4.72 Å². The van der Waals surface area contributed by atoms with Crippen LogP contribution >= 0.6 is 11.3 Å². The van der Waals surface area contributed by atoms with Gasteiger partial charge in [-0.1, -0.05) is 46.8 Å². The fourth-order valence-electron chi connectivity index (χ4n) is 4.18. The minimum atomic E-state index is -3.91. The molecule has 0 aliphatic carbocycles. The molecule has 1 aromatic heterocycles. The molecule has 0 aliphatic heterocycles. The molecule has 7 nitrogen and oxygen atoms in total. The number of hydrogen-bond acceptors (Lipinski definition) is 7. The predicted octanol–water partition coefficient (Wildman–Crippen LogP) is 6.09.